The van der Waals surface area contributed by atoms with E-state index < -0.39 is 54.7 Å². The summed E-state index contributed by atoms with van der Waals surface area (Å²) < 4.78 is 37.6. The van der Waals surface area contributed by atoms with Gasteiger partial charge in [-0.15, -0.1) is 4.31 Å². The predicted molar refractivity (Wildman–Crippen MR) is 65.6 cm³/mol. The van der Waals surface area contributed by atoms with Crippen molar-refractivity contribution in [1.82, 2.24) is 0 Å². The van der Waals surface area contributed by atoms with Gasteiger partial charge in [0.25, 0.3) is 0 Å². The van der Waals surface area contributed by atoms with Crippen molar-refractivity contribution in [2.75, 3.05) is 6.61 Å². The SMILES string of the molecule is [B][P+]([O-])(OC[C@H]1O[C@@H](O)[C@H](O)[C@@H]1O)OP(=O)(O)OP(=O)(O)O. The Labute approximate surface area is 125 Å². The minimum absolute atomic E-state index is 0.848. The fraction of sp³-hybridized carbons (Fsp3) is 1.00. The highest BCUT2D eigenvalue weighted by atomic mass is 31.3. The van der Waals surface area contributed by atoms with Gasteiger partial charge in [-0.25, -0.2) is 13.7 Å². The fourth-order valence-electron chi connectivity index (χ4n) is 1.36. The maximum atomic E-state index is 11.5. The van der Waals surface area contributed by atoms with E-state index in [1.165, 1.54) is 0 Å². The van der Waals surface area contributed by atoms with Crippen LogP contribution in [0.2, 0.25) is 0 Å². The van der Waals surface area contributed by atoms with Crippen molar-refractivity contribution in [3.8, 4) is 0 Å². The minimum atomic E-state index is -5.51. The Morgan fingerprint density at radius 3 is 2.14 bits per heavy atom. The highest BCUT2D eigenvalue weighted by molar-refractivity contribution is 7.88. The van der Waals surface area contributed by atoms with E-state index in [0.717, 1.165) is 0 Å². The number of phosphoric acid groups is 2. The smallest absolute Gasteiger partial charge is 0.515 e. The van der Waals surface area contributed by atoms with Crippen molar-refractivity contribution in [2.45, 2.75) is 24.6 Å². The van der Waals surface area contributed by atoms with Gasteiger partial charge in [0.05, 0.1) is 0 Å². The summed E-state index contributed by atoms with van der Waals surface area (Å²) in [6.07, 6.45) is -6.45. The molecule has 1 rings (SSSR count). The van der Waals surface area contributed by atoms with Crippen LogP contribution in [0.5, 0.6) is 0 Å². The monoisotopic (exact) mass is 384 g/mol. The molecule has 1 aliphatic rings. The summed E-state index contributed by atoms with van der Waals surface area (Å²) in [6.45, 7) is -0.848. The van der Waals surface area contributed by atoms with Gasteiger partial charge in [-0.3, -0.25) is 0 Å². The van der Waals surface area contributed by atoms with Crippen LogP contribution in [0.15, 0.2) is 0 Å². The lowest BCUT2D eigenvalue weighted by atomic mass is 10.1. The first-order chi connectivity index (χ1) is 9.72. The van der Waals surface area contributed by atoms with Crippen LogP contribution in [0.3, 0.4) is 0 Å². The zero-order valence-electron chi connectivity index (χ0n) is 10.5. The van der Waals surface area contributed by atoms with Crippen LogP contribution < -0.4 is 4.89 Å². The van der Waals surface area contributed by atoms with Gasteiger partial charge in [0.1, 0.15) is 24.9 Å². The molecule has 0 spiro atoms. The van der Waals surface area contributed by atoms with Crippen molar-refractivity contribution < 1.29 is 61.9 Å². The summed E-state index contributed by atoms with van der Waals surface area (Å²) >= 11 is 0. The quantitative estimate of drug-likeness (QED) is 0.189. The molecule has 1 fully saturated rings. The van der Waals surface area contributed by atoms with Gasteiger partial charge in [-0.2, -0.15) is 4.31 Å². The maximum absolute atomic E-state index is 11.5. The Hall–Kier alpha value is 0.515. The third kappa shape index (κ3) is 6.56. The molecule has 1 heterocycles. The van der Waals surface area contributed by atoms with Crippen LogP contribution in [-0.2, 0) is 27.0 Å². The van der Waals surface area contributed by atoms with Gasteiger partial charge in [-0.05, 0) is 0 Å². The molecule has 0 amide bonds. The van der Waals surface area contributed by atoms with Crippen molar-refractivity contribution in [2.24, 2.45) is 0 Å². The maximum Gasteiger partial charge on any atom is 0.515 e. The van der Waals surface area contributed by atoms with Crippen LogP contribution in [0.1, 0.15) is 0 Å². The van der Waals surface area contributed by atoms with E-state index in [4.69, 9.17) is 27.4 Å². The van der Waals surface area contributed by atoms with Gasteiger partial charge >= 0.3 is 23.2 Å². The highest BCUT2D eigenvalue weighted by Crippen LogP contribution is 2.67. The van der Waals surface area contributed by atoms with Crippen LogP contribution >= 0.6 is 23.5 Å². The standard InChI is InChI=1S/C5H12BO13P3/c6-20(10,18-22(14,15)19-21(11,12)13)16-1-2-3(7)4(8)5(9)17-2/h2-5,7-9H,1H2,(H,14,15)(H2,11,12,13)/t2-,3-,4-,5-,20?/m1/s1. The molecule has 22 heavy (non-hydrogen) atoms. The first-order valence-corrected chi connectivity index (χ1v) is 9.90. The summed E-state index contributed by atoms with van der Waals surface area (Å²) in [5.41, 5.74) is 0. The second kappa shape index (κ2) is 7.18. The van der Waals surface area contributed by atoms with Gasteiger partial charge < -0.3 is 39.6 Å². The predicted octanol–water partition coefficient (Wildman–Crippen LogP) is -3.13. The minimum Gasteiger partial charge on any atom is -0.646 e. The molecular weight excluding hydrogens is 372 g/mol. The Balaban J connectivity index is 2.57. The third-order valence-corrected chi connectivity index (χ3v) is 6.10. The molecule has 13 nitrogen and oxygen atoms in total. The van der Waals surface area contributed by atoms with E-state index in [2.05, 4.69) is 17.9 Å². The average Bonchev–Trinajstić information content (AvgIpc) is 2.49. The third-order valence-electron chi connectivity index (χ3n) is 2.18. The lowest BCUT2D eigenvalue weighted by Crippen LogP contribution is -2.34. The molecule has 0 saturated carbocycles. The first-order valence-electron chi connectivity index (χ1n) is 5.26. The molecular formula is C5H12BO13P3. The van der Waals surface area contributed by atoms with Crippen LogP contribution in [0.4, 0.5) is 0 Å². The first kappa shape index (κ1) is 20.6. The number of ether oxygens (including phenoxy) is 1. The molecule has 0 aromatic rings. The number of rotatable bonds is 7. The zero-order chi connectivity index (χ0) is 17.3. The largest absolute Gasteiger partial charge is 0.646 e. The fourth-order valence-corrected chi connectivity index (χ4v) is 4.52. The summed E-state index contributed by atoms with van der Waals surface area (Å²) in [5.74, 6) is 0. The summed E-state index contributed by atoms with van der Waals surface area (Å²) in [4.78, 5) is 37.2. The molecule has 0 aromatic heterocycles. The van der Waals surface area contributed by atoms with E-state index >= 15 is 0 Å². The number of hydrogen-bond donors (Lipinski definition) is 6. The molecule has 2 radical (unpaired) electrons. The lowest BCUT2D eigenvalue weighted by Gasteiger charge is -2.26. The molecule has 128 valence electrons. The summed E-state index contributed by atoms with van der Waals surface area (Å²) in [7, 11) is -10.9. The second-order valence-electron chi connectivity index (χ2n) is 4.00. The van der Waals surface area contributed by atoms with E-state index in [-0.39, 0.29) is 0 Å². The van der Waals surface area contributed by atoms with Crippen molar-refractivity contribution in [3.05, 3.63) is 0 Å². The molecule has 1 saturated heterocycles. The van der Waals surface area contributed by atoms with Gasteiger partial charge in [0, 0.05) is 0 Å². The molecule has 2 unspecified atom stereocenters. The number of aliphatic hydroxyl groups excluding tert-OH is 3. The molecule has 17 heteroatoms. The summed E-state index contributed by atoms with van der Waals surface area (Å²) in [6, 6.07) is 0. The molecule has 0 aromatic carbocycles. The summed E-state index contributed by atoms with van der Waals surface area (Å²) in [5, 5.41) is 27.6. The molecule has 6 N–H and O–H groups in total. The molecule has 6 atom stereocenters. The van der Waals surface area contributed by atoms with Gasteiger partial charge in [-0.1, -0.05) is 0 Å². The van der Waals surface area contributed by atoms with Crippen molar-refractivity contribution in [1.29, 1.82) is 0 Å². The Morgan fingerprint density at radius 2 is 1.73 bits per heavy atom. The van der Waals surface area contributed by atoms with E-state index in [0.29, 0.717) is 0 Å². The topological polar surface area (TPSA) is 215 Å². The van der Waals surface area contributed by atoms with Gasteiger partial charge in [0.2, 0.25) is 0 Å². The zero-order valence-corrected chi connectivity index (χ0v) is 13.2. The molecule has 0 bridgehead atoms. The number of aliphatic hydroxyl groups is 3. The van der Waals surface area contributed by atoms with E-state index in [1.54, 1.807) is 0 Å². The highest BCUT2D eigenvalue weighted by Gasteiger charge is 2.46. The van der Waals surface area contributed by atoms with Crippen molar-refractivity contribution >= 4 is 31.0 Å². The Bertz CT molecular complexity index is 478. The normalized spacial score (nSPS) is 35.0. The van der Waals surface area contributed by atoms with Crippen LogP contribution in [0, 0.1) is 0 Å². The second-order valence-corrected chi connectivity index (χ2v) is 8.57. The van der Waals surface area contributed by atoms with E-state index in [1.807, 2.05) is 0 Å². The van der Waals surface area contributed by atoms with Crippen LogP contribution in [0.25, 0.3) is 0 Å². The Morgan fingerprint density at radius 1 is 1.18 bits per heavy atom. The number of hydrogen-bond acceptors (Lipinski definition) is 10. The van der Waals surface area contributed by atoms with Crippen LogP contribution in [-0.4, -0.2) is 68.8 Å². The van der Waals surface area contributed by atoms with Crippen molar-refractivity contribution in [3.63, 3.8) is 0 Å². The molecule has 0 aliphatic carbocycles. The molecule has 1 aliphatic heterocycles. The van der Waals surface area contributed by atoms with E-state index in [9.17, 15) is 24.2 Å². The lowest BCUT2D eigenvalue weighted by molar-refractivity contribution is -0.207. The Kier molecular flexibility index (Phi) is 6.71. The van der Waals surface area contributed by atoms with Gasteiger partial charge in [0.15, 0.2) is 14.1 Å². The average molecular weight is 384 g/mol.